The van der Waals surface area contributed by atoms with Crippen molar-refractivity contribution in [2.75, 3.05) is 0 Å². The van der Waals surface area contributed by atoms with Crippen LogP contribution in [0.4, 0.5) is 0 Å². The highest BCUT2D eigenvalue weighted by molar-refractivity contribution is 9.10. The molecule has 8 aromatic carbocycles. The Bertz CT molecular complexity index is 2250. The van der Waals surface area contributed by atoms with Gasteiger partial charge in [0.05, 0.1) is 0 Å². The highest BCUT2D eigenvalue weighted by Gasteiger charge is 2.15. The Morgan fingerprint density at radius 1 is 0.293 bits per heavy atom. The van der Waals surface area contributed by atoms with E-state index in [4.69, 9.17) is 0 Å². The number of rotatable bonds is 3. The summed E-state index contributed by atoms with van der Waals surface area (Å²) in [5.41, 5.74) is 7.40. The van der Waals surface area contributed by atoms with Gasteiger partial charge in [0.25, 0.3) is 0 Å². The fourth-order valence-electron chi connectivity index (χ4n) is 6.22. The molecule has 0 fully saturated rings. The smallest absolute Gasteiger partial charge is 0.0260 e. The van der Waals surface area contributed by atoms with Crippen LogP contribution in [0.15, 0.2) is 156 Å². The summed E-state index contributed by atoms with van der Waals surface area (Å²) in [5.74, 6) is 0. The van der Waals surface area contributed by atoms with Crippen molar-refractivity contribution in [3.63, 3.8) is 0 Å². The predicted molar refractivity (Wildman–Crippen MR) is 180 cm³/mol. The molecule has 0 heterocycles. The monoisotopic (exact) mass is 584 g/mol. The van der Waals surface area contributed by atoms with E-state index in [-0.39, 0.29) is 0 Å². The minimum atomic E-state index is 1.12. The Morgan fingerprint density at radius 3 is 1.51 bits per heavy atom. The molecular formula is C40H25Br. The molecule has 1 heteroatoms. The van der Waals surface area contributed by atoms with E-state index in [0.717, 1.165) is 4.47 Å². The van der Waals surface area contributed by atoms with E-state index in [0.29, 0.717) is 0 Å². The third-order valence-corrected chi connectivity index (χ3v) is 8.95. The Morgan fingerprint density at radius 2 is 0.829 bits per heavy atom. The summed E-state index contributed by atoms with van der Waals surface area (Å²) in [7, 11) is 0. The van der Waals surface area contributed by atoms with Crippen LogP contribution in [-0.4, -0.2) is 0 Å². The van der Waals surface area contributed by atoms with Crippen LogP contribution < -0.4 is 0 Å². The van der Waals surface area contributed by atoms with Crippen LogP contribution in [0, 0.1) is 0 Å². The zero-order valence-electron chi connectivity index (χ0n) is 22.3. The van der Waals surface area contributed by atoms with E-state index in [1.807, 2.05) is 0 Å². The summed E-state index contributed by atoms with van der Waals surface area (Å²) in [6.45, 7) is 0. The second-order valence-electron chi connectivity index (χ2n) is 10.7. The highest BCUT2D eigenvalue weighted by Crippen LogP contribution is 2.43. The van der Waals surface area contributed by atoms with Gasteiger partial charge in [-0.1, -0.05) is 137 Å². The molecule has 8 rings (SSSR count). The molecule has 0 aliphatic rings. The quantitative estimate of drug-likeness (QED) is 0.181. The molecule has 0 unspecified atom stereocenters. The fraction of sp³-hybridized carbons (Fsp3) is 0. The second kappa shape index (κ2) is 9.73. The first-order chi connectivity index (χ1) is 20.2. The Hall–Kier alpha value is -4.72. The fourth-order valence-corrected chi connectivity index (χ4v) is 6.78. The van der Waals surface area contributed by atoms with Gasteiger partial charge in [-0.3, -0.25) is 0 Å². The van der Waals surface area contributed by atoms with E-state index in [9.17, 15) is 0 Å². The van der Waals surface area contributed by atoms with Crippen molar-refractivity contribution < 1.29 is 0 Å². The highest BCUT2D eigenvalue weighted by atomic mass is 79.9. The van der Waals surface area contributed by atoms with Gasteiger partial charge in [0.2, 0.25) is 0 Å². The lowest BCUT2D eigenvalue weighted by molar-refractivity contribution is 1.64. The van der Waals surface area contributed by atoms with Gasteiger partial charge in [-0.05, 0) is 107 Å². The number of fused-ring (bicyclic) bond motifs is 6. The molecule has 0 nitrogen and oxygen atoms in total. The first kappa shape index (κ1) is 24.1. The third-order valence-electron chi connectivity index (χ3n) is 8.29. The van der Waals surface area contributed by atoms with Crippen molar-refractivity contribution in [2.45, 2.75) is 0 Å². The second-order valence-corrected chi connectivity index (χ2v) is 11.5. The molecule has 0 atom stereocenters. The maximum absolute atomic E-state index is 3.95. The van der Waals surface area contributed by atoms with Gasteiger partial charge >= 0.3 is 0 Å². The number of benzene rings is 8. The van der Waals surface area contributed by atoms with E-state index in [1.54, 1.807) is 0 Å². The van der Waals surface area contributed by atoms with E-state index in [2.05, 4.69) is 168 Å². The largest absolute Gasteiger partial charge is 0.0622 e. The van der Waals surface area contributed by atoms with Crippen LogP contribution in [0.25, 0.3) is 76.5 Å². The van der Waals surface area contributed by atoms with E-state index >= 15 is 0 Å². The third kappa shape index (κ3) is 4.13. The summed E-state index contributed by atoms with van der Waals surface area (Å²) in [6.07, 6.45) is 0. The van der Waals surface area contributed by atoms with Gasteiger partial charge in [0.1, 0.15) is 0 Å². The van der Waals surface area contributed by atoms with Crippen molar-refractivity contribution in [3.8, 4) is 33.4 Å². The maximum Gasteiger partial charge on any atom is 0.0260 e. The molecule has 0 radical (unpaired) electrons. The summed E-state index contributed by atoms with van der Waals surface area (Å²) in [4.78, 5) is 0. The van der Waals surface area contributed by atoms with Crippen molar-refractivity contribution in [3.05, 3.63) is 156 Å². The molecule has 0 aliphatic carbocycles. The van der Waals surface area contributed by atoms with Gasteiger partial charge in [0, 0.05) is 4.47 Å². The summed E-state index contributed by atoms with van der Waals surface area (Å²) >= 11 is 3.95. The number of hydrogen-bond acceptors (Lipinski definition) is 0. The van der Waals surface area contributed by atoms with E-state index in [1.165, 1.54) is 76.5 Å². The minimum Gasteiger partial charge on any atom is -0.0622 e. The maximum atomic E-state index is 3.95. The van der Waals surface area contributed by atoms with Crippen LogP contribution in [0.2, 0.25) is 0 Å². The zero-order valence-corrected chi connectivity index (χ0v) is 23.9. The van der Waals surface area contributed by atoms with Crippen LogP contribution in [0.5, 0.6) is 0 Å². The van der Waals surface area contributed by atoms with Crippen LogP contribution in [0.1, 0.15) is 0 Å². The van der Waals surface area contributed by atoms with Gasteiger partial charge in [-0.15, -0.1) is 0 Å². The standard InChI is InChI=1S/C40H25Br/c41-40-25-38-33-19-17-30(26-9-3-1-4-10-26)22-36(33)35(32-16-15-28-13-7-8-14-29(28)21-32)24-37(38)34-20-18-31(23-39(34)40)27-11-5-2-6-12-27/h1-25H. The lowest BCUT2D eigenvalue weighted by atomic mass is 9.88. The molecule has 0 saturated heterocycles. The van der Waals surface area contributed by atoms with Crippen molar-refractivity contribution in [1.82, 2.24) is 0 Å². The predicted octanol–water partition coefficient (Wildman–Crippen LogP) is 12.1. The Balaban J connectivity index is 1.45. The summed E-state index contributed by atoms with van der Waals surface area (Å²) in [6, 6.07) is 55.2. The van der Waals surface area contributed by atoms with Crippen molar-refractivity contribution in [2.24, 2.45) is 0 Å². The molecule has 0 aromatic heterocycles. The van der Waals surface area contributed by atoms with Crippen LogP contribution in [0.3, 0.4) is 0 Å². The first-order valence-corrected chi connectivity index (χ1v) is 14.7. The average Bonchev–Trinajstić information content (AvgIpc) is 3.05. The first-order valence-electron chi connectivity index (χ1n) is 14.0. The van der Waals surface area contributed by atoms with Crippen molar-refractivity contribution >= 4 is 59.0 Å². The summed E-state index contributed by atoms with van der Waals surface area (Å²) < 4.78 is 1.12. The van der Waals surface area contributed by atoms with Gasteiger partial charge in [-0.2, -0.15) is 0 Å². The van der Waals surface area contributed by atoms with Gasteiger partial charge < -0.3 is 0 Å². The SMILES string of the molecule is Brc1cc2c3ccc(-c4ccccc4)cc3c(-c3ccc4ccccc4c3)cc2c2ccc(-c3ccccc3)cc12. The van der Waals surface area contributed by atoms with Crippen LogP contribution >= 0.6 is 15.9 Å². The molecule has 8 aromatic rings. The topological polar surface area (TPSA) is 0 Å². The molecule has 0 N–H and O–H groups in total. The zero-order chi connectivity index (χ0) is 27.3. The molecule has 0 spiro atoms. The average molecular weight is 586 g/mol. The van der Waals surface area contributed by atoms with E-state index < -0.39 is 0 Å². The van der Waals surface area contributed by atoms with Gasteiger partial charge in [0.15, 0.2) is 0 Å². The molecule has 0 bridgehead atoms. The minimum absolute atomic E-state index is 1.12. The number of halogens is 1. The molecule has 0 aliphatic heterocycles. The molecular weight excluding hydrogens is 560 g/mol. The Labute approximate surface area is 247 Å². The molecule has 0 amide bonds. The summed E-state index contributed by atoms with van der Waals surface area (Å²) in [5, 5.41) is 10.1. The number of hydrogen-bond donors (Lipinski definition) is 0. The van der Waals surface area contributed by atoms with Gasteiger partial charge in [-0.25, -0.2) is 0 Å². The molecule has 192 valence electrons. The van der Waals surface area contributed by atoms with Crippen LogP contribution in [-0.2, 0) is 0 Å². The lowest BCUT2D eigenvalue weighted by Crippen LogP contribution is -1.89. The lowest BCUT2D eigenvalue weighted by Gasteiger charge is -2.16. The Kier molecular flexibility index (Phi) is 5.72. The normalized spacial score (nSPS) is 11.5. The molecule has 0 saturated carbocycles. The van der Waals surface area contributed by atoms with Crippen molar-refractivity contribution in [1.29, 1.82) is 0 Å². The molecule has 41 heavy (non-hydrogen) atoms.